The van der Waals surface area contributed by atoms with E-state index in [-0.39, 0.29) is 0 Å². The molecule has 0 aliphatic carbocycles. The molecule has 5 aromatic rings. The lowest BCUT2D eigenvalue weighted by Gasteiger charge is -2.10. The second kappa shape index (κ2) is 6.11. The summed E-state index contributed by atoms with van der Waals surface area (Å²) in [7, 11) is 0. The van der Waals surface area contributed by atoms with Gasteiger partial charge in [0.25, 0.3) is 0 Å². The fourth-order valence-electron chi connectivity index (χ4n) is 3.57. The van der Waals surface area contributed by atoms with Crippen LogP contribution in [0.15, 0.2) is 95.6 Å². The van der Waals surface area contributed by atoms with Crippen LogP contribution in [0.25, 0.3) is 38.8 Å². The van der Waals surface area contributed by atoms with Crippen LogP contribution in [-0.2, 0) is 0 Å². The predicted octanol–water partition coefficient (Wildman–Crippen LogP) is 6.61. The zero-order valence-electron chi connectivity index (χ0n) is 13.9. The largest absolute Gasteiger partial charge is 0.309 e. The number of benzene rings is 3. The Morgan fingerprint density at radius 2 is 1.31 bits per heavy atom. The van der Waals surface area contributed by atoms with Crippen LogP contribution in [0.2, 0.25) is 0 Å². The van der Waals surface area contributed by atoms with Gasteiger partial charge in [-0.05, 0) is 52.3 Å². The van der Waals surface area contributed by atoms with Crippen LogP contribution >= 0.6 is 15.9 Å². The summed E-state index contributed by atoms with van der Waals surface area (Å²) in [6.07, 6.45) is 0. The Morgan fingerprint density at radius 1 is 0.654 bits per heavy atom. The lowest BCUT2D eigenvalue weighted by atomic mass is 10.1. The molecule has 0 saturated heterocycles. The lowest BCUT2D eigenvalue weighted by Crippen LogP contribution is -1.94. The van der Waals surface area contributed by atoms with Gasteiger partial charge in [-0.3, -0.25) is 0 Å². The van der Waals surface area contributed by atoms with Gasteiger partial charge in [-0.15, -0.1) is 0 Å². The van der Waals surface area contributed by atoms with Crippen molar-refractivity contribution < 1.29 is 0 Å². The molecule has 3 aromatic carbocycles. The molecule has 2 heterocycles. The molecule has 0 radical (unpaired) electrons. The molecule has 0 bridgehead atoms. The second-order valence-corrected chi connectivity index (χ2v) is 7.08. The highest BCUT2D eigenvalue weighted by atomic mass is 79.9. The van der Waals surface area contributed by atoms with E-state index in [1.54, 1.807) is 0 Å². The van der Waals surface area contributed by atoms with E-state index in [1.807, 2.05) is 18.2 Å². The molecular weight excluding hydrogens is 384 g/mol. The maximum atomic E-state index is 4.60. The maximum Gasteiger partial charge on any atom is 0.106 e. The van der Waals surface area contributed by atoms with Gasteiger partial charge in [0.05, 0.1) is 16.7 Å². The molecule has 0 spiro atoms. The Balaban J connectivity index is 1.79. The fourth-order valence-corrected chi connectivity index (χ4v) is 3.92. The number of nitrogens with zero attached hydrogens (tertiary/aromatic N) is 2. The normalized spacial score (nSPS) is 11.3. The Hall–Kier alpha value is -2.91. The van der Waals surface area contributed by atoms with Gasteiger partial charge in [-0.1, -0.05) is 54.6 Å². The van der Waals surface area contributed by atoms with Gasteiger partial charge in [0.2, 0.25) is 0 Å². The third-order valence-electron chi connectivity index (χ3n) is 4.70. The first-order valence-electron chi connectivity index (χ1n) is 8.53. The standard InChI is InChI=1S/C23H15BrN2/c24-23-14-6-11-20(25-23)16-7-5-8-17(15-16)26-21-12-3-1-9-18(21)19-10-2-4-13-22(19)26/h1-15H. The van der Waals surface area contributed by atoms with E-state index in [0.717, 1.165) is 21.5 Å². The van der Waals surface area contributed by atoms with E-state index >= 15 is 0 Å². The van der Waals surface area contributed by atoms with Gasteiger partial charge in [0.1, 0.15) is 4.60 Å². The molecule has 3 heteroatoms. The highest BCUT2D eigenvalue weighted by molar-refractivity contribution is 9.10. The first-order valence-corrected chi connectivity index (χ1v) is 9.32. The molecule has 5 rings (SSSR count). The van der Waals surface area contributed by atoms with Crippen LogP contribution in [0.4, 0.5) is 0 Å². The molecule has 0 aliphatic rings. The number of aromatic nitrogens is 2. The average Bonchev–Trinajstić information content (AvgIpc) is 3.03. The average molecular weight is 399 g/mol. The second-order valence-electron chi connectivity index (χ2n) is 6.27. The van der Waals surface area contributed by atoms with Crippen molar-refractivity contribution in [3.05, 3.63) is 95.6 Å². The number of hydrogen-bond acceptors (Lipinski definition) is 1. The zero-order valence-corrected chi connectivity index (χ0v) is 15.5. The van der Waals surface area contributed by atoms with E-state index < -0.39 is 0 Å². The number of para-hydroxylation sites is 2. The van der Waals surface area contributed by atoms with Gasteiger partial charge in [-0.25, -0.2) is 4.98 Å². The highest BCUT2D eigenvalue weighted by Gasteiger charge is 2.12. The van der Waals surface area contributed by atoms with Crippen molar-refractivity contribution in [2.75, 3.05) is 0 Å². The molecule has 124 valence electrons. The Kier molecular flexibility index (Phi) is 3.61. The van der Waals surface area contributed by atoms with Crippen molar-refractivity contribution in [3.63, 3.8) is 0 Å². The highest BCUT2D eigenvalue weighted by Crippen LogP contribution is 2.32. The fraction of sp³-hybridized carbons (Fsp3) is 0. The van der Waals surface area contributed by atoms with Crippen molar-refractivity contribution in [2.24, 2.45) is 0 Å². The molecule has 0 aliphatic heterocycles. The molecule has 0 N–H and O–H groups in total. The van der Waals surface area contributed by atoms with E-state index in [0.29, 0.717) is 0 Å². The SMILES string of the molecule is Brc1cccc(-c2cccc(-n3c4ccccc4c4ccccc43)c2)n1. The summed E-state index contributed by atoms with van der Waals surface area (Å²) in [5.41, 5.74) is 5.63. The van der Waals surface area contributed by atoms with Crippen molar-refractivity contribution in [2.45, 2.75) is 0 Å². The van der Waals surface area contributed by atoms with Gasteiger partial charge >= 0.3 is 0 Å². The van der Waals surface area contributed by atoms with Gasteiger partial charge in [0.15, 0.2) is 0 Å². The minimum atomic E-state index is 0.845. The van der Waals surface area contributed by atoms with Crippen molar-refractivity contribution in [1.82, 2.24) is 9.55 Å². The first kappa shape index (κ1) is 15.4. The monoisotopic (exact) mass is 398 g/mol. The number of hydrogen-bond donors (Lipinski definition) is 0. The Bertz CT molecular complexity index is 1200. The summed E-state index contributed by atoms with van der Waals surface area (Å²) in [4.78, 5) is 4.60. The van der Waals surface area contributed by atoms with E-state index in [4.69, 9.17) is 0 Å². The third-order valence-corrected chi connectivity index (χ3v) is 5.14. The van der Waals surface area contributed by atoms with Crippen molar-refractivity contribution in [3.8, 4) is 16.9 Å². The number of halogens is 1. The maximum absolute atomic E-state index is 4.60. The smallest absolute Gasteiger partial charge is 0.106 e. The van der Waals surface area contributed by atoms with Crippen LogP contribution in [0, 0.1) is 0 Å². The van der Waals surface area contributed by atoms with Crippen LogP contribution < -0.4 is 0 Å². The van der Waals surface area contributed by atoms with Crippen molar-refractivity contribution >= 4 is 37.7 Å². The molecule has 0 atom stereocenters. The molecule has 0 fully saturated rings. The van der Waals surface area contributed by atoms with E-state index in [9.17, 15) is 0 Å². The Labute approximate surface area is 159 Å². The minimum absolute atomic E-state index is 0.845. The van der Waals surface area contributed by atoms with Crippen LogP contribution in [0.5, 0.6) is 0 Å². The Morgan fingerprint density at radius 3 is 2.00 bits per heavy atom. The molecule has 0 unspecified atom stereocenters. The summed E-state index contributed by atoms with van der Waals surface area (Å²) in [5, 5.41) is 2.54. The summed E-state index contributed by atoms with van der Waals surface area (Å²) in [6, 6.07) is 31.7. The third kappa shape index (κ3) is 2.44. The lowest BCUT2D eigenvalue weighted by molar-refractivity contribution is 1.18. The summed E-state index contributed by atoms with van der Waals surface area (Å²) >= 11 is 3.47. The topological polar surface area (TPSA) is 17.8 Å². The molecule has 0 amide bonds. The van der Waals surface area contributed by atoms with E-state index in [2.05, 4.69) is 98.3 Å². The first-order chi connectivity index (χ1) is 12.8. The quantitative estimate of drug-likeness (QED) is 0.306. The molecular formula is C23H15BrN2. The number of pyridine rings is 1. The summed E-state index contributed by atoms with van der Waals surface area (Å²) in [5.74, 6) is 0. The molecule has 2 aromatic heterocycles. The van der Waals surface area contributed by atoms with Gasteiger partial charge in [0, 0.05) is 22.0 Å². The van der Waals surface area contributed by atoms with Gasteiger partial charge < -0.3 is 4.57 Å². The van der Waals surface area contributed by atoms with Gasteiger partial charge in [-0.2, -0.15) is 0 Å². The minimum Gasteiger partial charge on any atom is -0.309 e. The molecule has 26 heavy (non-hydrogen) atoms. The number of rotatable bonds is 2. The summed E-state index contributed by atoms with van der Waals surface area (Å²) in [6.45, 7) is 0. The van der Waals surface area contributed by atoms with Crippen molar-refractivity contribution in [1.29, 1.82) is 0 Å². The van der Waals surface area contributed by atoms with E-state index in [1.165, 1.54) is 21.8 Å². The summed E-state index contributed by atoms with van der Waals surface area (Å²) < 4.78 is 3.17. The molecule has 2 nitrogen and oxygen atoms in total. The van der Waals surface area contributed by atoms with Crippen LogP contribution in [-0.4, -0.2) is 9.55 Å². The zero-order chi connectivity index (χ0) is 17.5. The number of fused-ring (bicyclic) bond motifs is 3. The molecule has 0 saturated carbocycles. The van der Waals surface area contributed by atoms with Crippen LogP contribution in [0.1, 0.15) is 0 Å². The van der Waals surface area contributed by atoms with Crippen LogP contribution in [0.3, 0.4) is 0 Å². The predicted molar refractivity (Wildman–Crippen MR) is 112 cm³/mol.